The van der Waals surface area contributed by atoms with Crippen LogP contribution in [0.4, 0.5) is 14.6 Å². The number of thiophene rings is 1. The molecule has 1 unspecified atom stereocenters. The third-order valence-corrected chi connectivity index (χ3v) is 8.75. The SMILES string of the molecule is C[NH2+]C(=O)Nc1sc2ccccc2c1C(=O)N1CCC(N2CCCC3(C2)OC(=O)N(C(C)C)C3=O)CC1. The number of quaternary nitrogens is 1. The average molecular weight is 529 g/mol. The van der Waals surface area contributed by atoms with E-state index in [1.165, 1.54) is 21.6 Å². The number of nitrogens with two attached hydrogens (primary N) is 1. The summed E-state index contributed by atoms with van der Waals surface area (Å²) < 4.78 is 6.65. The highest BCUT2D eigenvalue weighted by Gasteiger charge is 2.56. The van der Waals surface area contributed by atoms with Crippen molar-refractivity contribution in [3.05, 3.63) is 29.8 Å². The number of rotatable bonds is 4. The molecule has 0 saturated carbocycles. The second-order valence-electron chi connectivity index (χ2n) is 10.3. The summed E-state index contributed by atoms with van der Waals surface area (Å²) in [5.41, 5.74) is -0.547. The van der Waals surface area contributed by atoms with E-state index >= 15 is 0 Å². The fourth-order valence-corrected chi connectivity index (χ4v) is 6.85. The number of hydrogen-bond donors (Lipinski definition) is 2. The number of nitrogens with one attached hydrogen (secondary N) is 1. The van der Waals surface area contributed by atoms with Gasteiger partial charge in [-0.25, -0.2) is 14.5 Å². The molecule has 1 aromatic carbocycles. The lowest BCUT2D eigenvalue weighted by Gasteiger charge is -2.44. The molecule has 5 rings (SSSR count). The van der Waals surface area contributed by atoms with Gasteiger partial charge < -0.3 is 9.64 Å². The second-order valence-corrected chi connectivity index (χ2v) is 11.4. The number of nitrogens with zero attached hydrogens (tertiary/aromatic N) is 3. The van der Waals surface area contributed by atoms with Gasteiger partial charge in [0.1, 0.15) is 5.00 Å². The molecule has 2 aromatic rings. The summed E-state index contributed by atoms with van der Waals surface area (Å²) in [5.74, 6) is -0.307. The number of carbonyl (C=O) groups is 4. The number of benzene rings is 1. The standard InChI is InChI=1S/C26H33N5O5S/c1-16(2)31-23(33)26(36-25(31)35)11-6-12-30(15-26)17-9-13-29(14-10-17)22(32)20-18-7-4-5-8-19(18)37-21(20)28-24(34)27-3/h4-5,7-8,16-17H,6,9-15H2,1-3H3,(H2,27,28,34)/p+1. The van der Waals surface area contributed by atoms with Gasteiger partial charge in [-0.1, -0.05) is 18.2 Å². The van der Waals surface area contributed by atoms with Crippen LogP contribution in [0.2, 0.25) is 0 Å². The molecule has 3 N–H and O–H groups in total. The van der Waals surface area contributed by atoms with Crippen molar-refractivity contribution >= 4 is 50.4 Å². The number of imide groups is 1. The van der Waals surface area contributed by atoms with Gasteiger partial charge in [0.25, 0.3) is 11.8 Å². The first-order chi connectivity index (χ1) is 17.7. The van der Waals surface area contributed by atoms with Crippen LogP contribution in [0, 0.1) is 0 Å². The topological polar surface area (TPSA) is 116 Å². The lowest BCUT2D eigenvalue weighted by Crippen LogP contribution is -2.85. The summed E-state index contributed by atoms with van der Waals surface area (Å²) >= 11 is 1.41. The molecular weight excluding hydrogens is 494 g/mol. The van der Waals surface area contributed by atoms with Crippen LogP contribution in [0.3, 0.4) is 0 Å². The van der Waals surface area contributed by atoms with Crippen LogP contribution in [0.1, 0.15) is 49.9 Å². The van der Waals surface area contributed by atoms with Gasteiger partial charge in [-0.2, -0.15) is 0 Å². The molecule has 3 aliphatic heterocycles. The zero-order valence-electron chi connectivity index (χ0n) is 21.5. The van der Waals surface area contributed by atoms with Crippen LogP contribution < -0.4 is 10.6 Å². The number of piperidine rings is 2. The van der Waals surface area contributed by atoms with Gasteiger partial charge in [0.15, 0.2) is 0 Å². The van der Waals surface area contributed by atoms with Crippen molar-refractivity contribution in [1.82, 2.24) is 14.7 Å². The van der Waals surface area contributed by atoms with Crippen molar-refractivity contribution in [3.8, 4) is 0 Å². The molecule has 4 heterocycles. The Bertz CT molecular complexity index is 1240. The Balaban J connectivity index is 1.28. The minimum atomic E-state index is -1.09. The van der Waals surface area contributed by atoms with Gasteiger partial charge in [0.05, 0.1) is 12.6 Å². The number of amides is 5. The monoisotopic (exact) mass is 528 g/mol. The van der Waals surface area contributed by atoms with Crippen LogP contribution in [0.5, 0.6) is 0 Å². The van der Waals surface area contributed by atoms with E-state index < -0.39 is 11.7 Å². The Kier molecular flexibility index (Phi) is 6.95. The highest BCUT2D eigenvalue weighted by atomic mass is 32.1. The number of anilines is 1. The Morgan fingerprint density at radius 2 is 1.89 bits per heavy atom. The van der Waals surface area contributed by atoms with Crippen LogP contribution in [0.25, 0.3) is 10.1 Å². The van der Waals surface area contributed by atoms with Crippen molar-refractivity contribution < 1.29 is 29.2 Å². The van der Waals surface area contributed by atoms with Crippen molar-refractivity contribution in [3.63, 3.8) is 0 Å². The quantitative estimate of drug-likeness (QED) is 0.630. The fourth-order valence-electron chi connectivity index (χ4n) is 5.75. The third-order valence-electron chi connectivity index (χ3n) is 7.67. The van der Waals surface area contributed by atoms with Gasteiger partial charge >= 0.3 is 12.1 Å². The largest absolute Gasteiger partial charge is 0.431 e. The van der Waals surface area contributed by atoms with Gasteiger partial charge in [0, 0.05) is 41.8 Å². The third kappa shape index (κ3) is 4.60. The van der Waals surface area contributed by atoms with Gasteiger partial charge in [-0.3, -0.25) is 25.1 Å². The van der Waals surface area contributed by atoms with E-state index in [0.29, 0.717) is 36.6 Å². The van der Waals surface area contributed by atoms with E-state index in [0.717, 1.165) is 35.9 Å². The molecule has 0 radical (unpaired) electrons. The smallest absolute Gasteiger partial charge is 0.418 e. The summed E-state index contributed by atoms with van der Waals surface area (Å²) in [6.07, 6.45) is 2.31. The number of primary amides is 1. The van der Waals surface area contributed by atoms with E-state index in [2.05, 4.69) is 10.2 Å². The van der Waals surface area contributed by atoms with Crippen molar-refractivity contribution in [1.29, 1.82) is 0 Å². The Hall–Kier alpha value is -3.02. The lowest BCUT2D eigenvalue weighted by atomic mass is 9.89. The summed E-state index contributed by atoms with van der Waals surface area (Å²) in [6.45, 7) is 6.04. The predicted octanol–water partition coefficient (Wildman–Crippen LogP) is 2.45. The molecule has 1 spiro atoms. The molecule has 0 aliphatic carbocycles. The summed E-state index contributed by atoms with van der Waals surface area (Å²) in [7, 11) is 1.67. The van der Waals surface area contributed by atoms with E-state index in [9.17, 15) is 19.2 Å². The van der Waals surface area contributed by atoms with Gasteiger partial charge in [-0.05, 0) is 52.1 Å². The van der Waals surface area contributed by atoms with Crippen LogP contribution in [-0.4, -0.2) is 89.5 Å². The van der Waals surface area contributed by atoms with Crippen LogP contribution in [-0.2, 0) is 9.53 Å². The summed E-state index contributed by atoms with van der Waals surface area (Å²) in [6, 6.07) is 7.43. The Labute approximate surface area is 219 Å². The molecule has 11 heteroatoms. The fraction of sp³-hybridized carbons (Fsp3) is 0.538. The van der Waals surface area contributed by atoms with Crippen molar-refractivity contribution in [2.24, 2.45) is 0 Å². The first-order valence-electron chi connectivity index (χ1n) is 13.0. The van der Waals surface area contributed by atoms with Crippen LogP contribution in [0.15, 0.2) is 24.3 Å². The summed E-state index contributed by atoms with van der Waals surface area (Å²) in [5, 5.41) is 5.74. The van der Waals surface area contributed by atoms with E-state index in [1.807, 2.05) is 43.0 Å². The molecule has 5 amide bonds. The van der Waals surface area contributed by atoms with E-state index in [4.69, 9.17) is 4.74 Å². The molecule has 1 aromatic heterocycles. The number of urea groups is 1. The molecule has 37 heavy (non-hydrogen) atoms. The van der Waals surface area contributed by atoms with Crippen molar-refractivity contribution in [2.75, 3.05) is 38.5 Å². The first kappa shape index (κ1) is 25.6. The molecular formula is C26H34N5O5S+. The Morgan fingerprint density at radius 1 is 1.16 bits per heavy atom. The zero-order chi connectivity index (χ0) is 26.3. The summed E-state index contributed by atoms with van der Waals surface area (Å²) in [4.78, 5) is 56.7. The molecule has 1 atom stereocenters. The molecule has 3 fully saturated rings. The molecule has 0 bridgehead atoms. The molecule has 198 valence electrons. The number of carbonyl (C=O) groups excluding carboxylic acids is 4. The van der Waals surface area contributed by atoms with E-state index in [-0.39, 0.29) is 29.9 Å². The van der Waals surface area contributed by atoms with Crippen molar-refractivity contribution in [2.45, 2.75) is 57.2 Å². The van der Waals surface area contributed by atoms with E-state index in [1.54, 1.807) is 7.05 Å². The molecule has 3 aliphatic rings. The number of likely N-dealkylation sites (tertiary alicyclic amines) is 2. The first-order valence-corrected chi connectivity index (χ1v) is 13.8. The lowest BCUT2D eigenvalue weighted by molar-refractivity contribution is -0.519. The Morgan fingerprint density at radius 3 is 2.57 bits per heavy atom. The number of fused-ring (bicyclic) bond motifs is 1. The maximum absolute atomic E-state index is 13.7. The predicted molar refractivity (Wildman–Crippen MR) is 140 cm³/mol. The maximum Gasteiger partial charge on any atom is 0.418 e. The molecule has 10 nitrogen and oxygen atoms in total. The number of ether oxygens (including phenoxy) is 1. The minimum absolute atomic E-state index is 0.0788. The van der Waals surface area contributed by atoms with Crippen LogP contribution >= 0.6 is 11.3 Å². The molecule has 3 saturated heterocycles. The highest BCUT2D eigenvalue weighted by molar-refractivity contribution is 7.23. The average Bonchev–Trinajstić information content (AvgIpc) is 3.36. The normalized spacial score (nSPS) is 23.4. The zero-order valence-corrected chi connectivity index (χ0v) is 22.3. The maximum atomic E-state index is 13.7. The second kappa shape index (κ2) is 10.0. The number of hydrogen-bond acceptors (Lipinski definition) is 7. The minimum Gasteiger partial charge on any atom is -0.431 e. The highest BCUT2D eigenvalue weighted by Crippen LogP contribution is 2.38. The van der Waals surface area contributed by atoms with Gasteiger partial charge in [-0.15, -0.1) is 11.3 Å². The van der Waals surface area contributed by atoms with Gasteiger partial charge in [0.2, 0.25) is 5.60 Å².